The van der Waals surface area contributed by atoms with E-state index in [2.05, 4.69) is 25.6 Å². The van der Waals surface area contributed by atoms with Crippen LogP contribution in [0.2, 0.25) is 0 Å². The summed E-state index contributed by atoms with van der Waals surface area (Å²) in [5.74, 6) is -0.469. The lowest BCUT2D eigenvalue weighted by atomic mass is 10.0. The molecule has 0 spiro atoms. The van der Waals surface area contributed by atoms with Crippen LogP contribution in [-0.2, 0) is 0 Å². The van der Waals surface area contributed by atoms with Crippen LogP contribution in [0, 0.1) is 0 Å². The van der Waals surface area contributed by atoms with Crippen LogP contribution in [0.1, 0.15) is 17.3 Å². The van der Waals surface area contributed by atoms with Crippen LogP contribution in [-0.4, -0.2) is 45.6 Å². The molecule has 0 aliphatic rings. The highest BCUT2D eigenvalue weighted by atomic mass is 16.3. The summed E-state index contributed by atoms with van der Waals surface area (Å²) in [7, 11) is 1.82. The Hall–Kier alpha value is -3.32. The first kappa shape index (κ1) is 17.1. The van der Waals surface area contributed by atoms with Crippen molar-refractivity contribution < 1.29 is 9.90 Å². The van der Waals surface area contributed by atoms with Crippen molar-refractivity contribution >= 4 is 38.7 Å². The summed E-state index contributed by atoms with van der Waals surface area (Å²) in [6, 6.07) is 9.14. The fourth-order valence-electron chi connectivity index (χ4n) is 3.06. The minimum atomic E-state index is -0.381. The van der Waals surface area contributed by atoms with Gasteiger partial charge in [-0.25, -0.2) is 9.97 Å². The van der Waals surface area contributed by atoms with Crippen molar-refractivity contribution in [1.29, 1.82) is 0 Å². The molecule has 1 amide bonds. The Morgan fingerprint density at radius 2 is 1.85 bits per heavy atom. The van der Waals surface area contributed by atoms with Crippen molar-refractivity contribution in [3.8, 4) is 5.75 Å². The van der Waals surface area contributed by atoms with Gasteiger partial charge in [0.1, 0.15) is 22.3 Å². The van der Waals surface area contributed by atoms with Gasteiger partial charge in [0.2, 0.25) is 0 Å². The molecule has 27 heavy (non-hydrogen) atoms. The predicted octanol–water partition coefficient (Wildman–Crippen LogP) is 2.37. The topological polar surface area (TPSA) is 100 Å². The molecule has 4 rings (SSSR count). The number of pyridine rings is 1. The van der Waals surface area contributed by atoms with Gasteiger partial charge < -0.3 is 15.7 Å². The number of carbonyl (C=O) groups is 1. The highest BCUT2D eigenvalue weighted by Crippen LogP contribution is 2.36. The minimum absolute atomic E-state index is 0.0876. The molecule has 0 aliphatic heterocycles. The zero-order valence-corrected chi connectivity index (χ0v) is 15.0. The first-order chi connectivity index (χ1) is 13.1. The van der Waals surface area contributed by atoms with Gasteiger partial charge in [-0.3, -0.25) is 9.78 Å². The van der Waals surface area contributed by atoms with Crippen LogP contribution in [0.3, 0.4) is 0 Å². The second kappa shape index (κ2) is 6.77. The lowest BCUT2D eigenvalue weighted by Crippen LogP contribution is -2.37. The Kier molecular flexibility index (Phi) is 4.29. The number of phenolic OH excluding ortho intramolecular Hbond substituents is 1. The van der Waals surface area contributed by atoms with E-state index in [0.717, 1.165) is 5.39 Å². The van der Waals surface area contributed by atoms with E-state index in [4.69, 9.17) is 0 Å². The summed E-state index contributed by atoms with van der Waals surface area (Å²) in [5, 5.41) is 18.1. The maximum atomic E-state index is 12.9. The molecule has 7 heteroatoms. The molecule has 0 saturated carbocycles. The number of aromatic nitrogens is 3. The fraction of sp³-hybridized carbons (Fsp3) is 0.200. The molecule has 136 valence electrons. The Balaban J connectivity index is 2.01. The van der Waals surface area contributed by atoms with Crippen molar-refractivity contribution in [1.82, 2.24) is 25.6 Å². The van der Waals surface area contributed by atoms with E-state index >= 15 is 0 Å². The Labute approximate surface area is 155 Å². The third-order valence-corrected chi connectivity index (χ3v) is 4.67. The molecule has 1 unspecified atom stereocenters. The van der Waals surface area contributed by atoms with Gasteiger partial charge in [0.15, 0.2) is 0 Å². The van der Waals surface area contributed by atoms with Crippen LogP contribution in [0.5, 0.6) is 5.75 Å². The number of aromatic hydroxyl groups is 1. The third kappa shape index (κ3) is 2.92. The molecule has 0 radical (unpaired) electrons. The number of fused-ring (bicyclic) bond motifs is 4. The fourth-order valence-corrected chi connectivity index (χ4v) is 3.06. The van der Waals surface area contributed by atoms with Gasteiger partial charge >= 0.3 is 0 Å². The van der Waals surface area contributed by atoms with E-state index in [0.29, 0.717) is 34.0 Å². The van der Waals surface area contributed by atoms with Crippen LogP contribution in [0.4, 0.5) is 0 Å². The number of likely N-dealkylation sites (N-methyl/N-ethyl adjacent to an activating group) is 1. The monoisotopic (exact) mass is 361 g/mol. The van der Waals surface area contributed by atoms with Crippen LogP contribution in [0.25, 0.3) is 32.8 Å². The Morgan fingerprint density at radius 3 is 2.63 bits per heavy atom. The molecule has 3 N–H and O–H groups in total. The molecule has 0 aliphatic carbocycles. The summed E-state index contributed by atoms with van der Waals surface area (Å²) in [6.45, 7) is 2.38. The van der Waals surface area contributed by atoms with E-state index in [1.54, 1.807) is 24.5 Å². The van der Waals surface area contributed by atoms with Gasteiger partial charge in [0.25, 0.3) is 5.91 Å². The van der Waals surface area contributed by atoms with Crippen LogP contribution in [0.15, 0.2) is 42.7 Å². The molecule has 2 aromatic carbocycles. The average Bonchev–Trinajstić information content (AvgIpc) is 2.71. The summed E-state index contributed by atoms with van der Waals surface area (Å²) in [4.78, 5) is 26.3. The summed E-state index contributed by atoms with van der Waals surface area (Å²) >= 11 is 0. The largest absolute Gasteiger partial charge is 0.506 e. The molecule has 7 nitrogen and oxygen atoms in total. The number of rotatable bonds is 4. The van der Waals surface area contributed by atoms with E-state index in [1.165, 1.54) is 0 Å². The number of hydrogen-bond donors (Lipinski definition) is 3. The van der Waals surface area contributed by atoms with Crippen molar-refractivity contribution in [3.63, 3.8) is 0 Å². The Bertz CT molecular complexity index is 1180. The van der Waals surface area contributed by atoms with E-state index in [1.807, 2.05) is 32.2 Å². The first-order valence-corrected chi connectivity index (χ1v) is 8.70. The number of carbonyl (C=O) groups excluding carboxylic acids is 1. The maximum Gasteiger partial charge on any atom is 0.257 e. The molecule has 0 saturated heterocycles. The summed E-state index contributed by atoms with van der Waals surface area (Å²) in [5.41, 5.74) is 2.33. The third-order valence-electron chi connectivity index (χ3n) is 4.67. The standard InChI is InChI=1S/C20H19N5O2/c1-11(21-2)9-23-20(27)16-18-17(12-5-3-4-6-13(12)19(16)26)25-15-10-22-8-7-14(15)24-18/h3-8,10-11,21,26H,9H2,1-2H3,(H,23,27). The van der Waals surface area contributed by atoms with Gasteiger partial charge in [-0.05, 0) is 20.0 Å². The number of amides is 1. The van der Waals surface area contributed by atoms with Crippen LogP contribution < -0.4 is 10.6 Å². The number of nitrogens with one attached hydrogen (secondary N) is 2. The second-order valence-corrected chi connectivity index (χ2v) is 6.45. The van der Waals surface area contributed by atoms with Gasteiger partial charge in [0.05, 0.1) is 17.2 Å². The first-order valence-electron chi connectivity index (χ1n) is 8.70. The number of phenols is 1. The molecular formula is C20H19N5O2. The SMILES string of the molecule is CNC(C)CNC(=O)c1c(O)c2ccccc2c2nc3cnccc3nc12. The number of benzene rings is 2. The highest BCUT2D eigenvalue weighted by molar-refractivity contribution is 6.19. The highest BCUT2D eigenvalue weighted by Gasteiger charge is 2.22. The molecule has 2 heterocycles. The van der Waals surface area contributed by atoms with Crippen molar-refractivity contribution in [3.05, 3.63) is 48.3 Å². The zero-order chi connectivity index (χ0) is 19.0. The predicted molar refractivity (Wildman–Crippen MR) is 105 cm³/mol. The van der Waals surface area contributed by atoms with Crippen LogP contribution >= 0.6 is 0 Å². The van der Waals surface area contributed by atoms with Crippen molar-refractivity contribution in [2.45, 2.75) is 13.0 Å². The van der Waals surface area contributed by atoms with Crippen molar-refractivity contribution in [2.75, 3.05) is 13.6 Å². The van der Waals surface area contributed by atoms with Gasteiger partial charge in [0, 0.05) is 29.6 Å². The number of nitrogens with zero attached hydrogens (tertiary/aromatic N) is 3. The molecule has 1 atom stereocenters. The van der Waals surface area contributed by atoms with Crippen molar-refractivity contribution in [2.24, 2.45) is 0 Å². The minimum Gasteiger partial charge on any atom is -0.506 e. The molecule has 0 bridgehead atoms. The smallest absolute Gasteiger partial charge is 0.257 e. The molecule has 0 fully saturated rings. The lowest BCUT2D eigenvalue weighted by Gasteiger charge is -2.15. The van der Waals surface area contributed by atoms with Gasteiger partial charge in [-0.15, -0.1) is 0 Å². The van der Waals surface area contributed by atoms with E-state index in [9.17, 15) is 9.90 Å². The Morgan fingerprint density at radius 1 is 1.11 bits per heavy atom. The van der Waals surface area contributed by atoms with E-state index in [-0.39, 0.29) is 23.3 Å². The molecule has 4 aromatic rings. The van der Waals surface area contributed by atoms with Gasteiger partial charge in [-0.2, -0.15) is 0 Å². The second-order valence-electron chi connectivity index (χ2n) is 6.45. The quantitative estimate of drug-likeness (QED) is 0.381. The normalized spacial score (nSPS) is 12.5. The molecular weight excluding hydrogens is 342 g/mol. The van der Waals surface area contributed by atoms with Gasteiger partial charge in [-0.1, -0.05) is 24.3 Å². The lowest BCUT2D eigenvalue weighted by molar-refractivity contribution is 0.0949. The summed E-state index contributed by atoms with van der Waals surface area (Å²) in [6.07, 6.45) is 3.26. The average molecular weight is 361 g/mol. The zero-order valence-electron chi connectivity index (χ0n) is 15.0. The molecule has 2 aromatic heterocycles. The van der Waals surface area contributed by atoms with E-state index < -0.39 is 0 Å². The maximum absolute atomic E-state index is 12.9. The number of hydrogen-bond acceptors (Lipinski definition) is 6. The summed E-state index contributed by atoms with van der Waals surface area (Å²) < 4.78 is 0.